The summed E-state index contributed by atoms with van der Waals surface area (Å²) >= 11 is 0. The van der Waals surface area contributed by atoms with Crippen LogP contribution in [0.4, 0.5) is 5.69 Å². The molecule has 9 heteroatoms. The first-order valence-electron chi connectivity index (χ1n) is 8.39. The fourth-order valence-corrected chi connectivity index (χ4v) is 3.55. The lowest BCUT2D eigenvalue weighted by Crippen LogP contribution is -2.39. The minimum absolute atomic E-state index is 0.0702. The monoisotopic (exact) mass is 378 g/mol. The van der Waals surface area contributed by atoms with E-state index in [4.69, 9.17) is 4.52 Å². The van der Waals surface area contributed by atoms with Crippen LogP contribution in [0, 0.1) is 6.92 Å². The van der Waals surface area contributed by atoms with E-state index < -0.39 is 10.0 Å². The second-order valence-electron chi connectivity index (χ2n) is 6.54. The van der Waals surface area contributed by atoms with E-state index in [0.717, 1.165) is 19.1 Å². The minimum Gasteiger partial charge on any atom is -0.340 e. The molecule has 2 aromatic rings. The quantitative estimate of drug-likeness (QED) is 0.805. The van der Waals surface area contributed by atoms with Gasteiger partial charge in [-0.2, -0.15) is 4.98 Å². The van der Waals surface area contributed by atoms with Gasteiger partial charge in [0.05, 0.1) is 11.9 Å². The highest BCUT2D eigenvalue weighted by Gasteiger charge is 2.28. The standard InChI is InChI=1S/C17H22N4O4S/c1-12-18-16(19-25-12)14-5-4-10-21(11-14)17(22)13-6-8-15(9-7-13)20(2)26(3,23)24/h6-9,14H,4-5,10-11H2,1-3H3/t14-/m1/s1. The van der Waals surface area contributed by atoms with E-state index >= 15 is 0 Å². The number of hydrogen-bond acceptors (Lipinski definition) is 6. The fraction of sp³-hybridized carbons (Fsp3) is 0.471. The summed E-state index contributed by atoms with van der Waals surface area (Å²) in [5, 5.41) is 3.97. The highest BCUT2D eigenvalue weighted by atomic mass is 32.2. The molecule has 0 unspecified atom stereocenters. The summed E-state index contributed by atoms with van der Waals surface area (Å²) in [4.78, 5) is 18.9. The van der Waals surface area contributed by atoms with Gasteiger partial charge >= 0.3 is 0 Å². The molecule has 0 aliphatic carbocycles. The van der Waals surface area contributed by atoms with Gasteiger partial charge in [-0.3, -0.25) is 9.10 Å². The first kappa shape index (κ1) is 18.4. The minimum atomic E-state index is -3.33. The number of amides is 1. The van der Waals surface area contributed by atoms with Crippen molar-refractivity contribution in [3.8, 4) is 0 Å². The Morgan fingerprint density at radius 1 is 1.31 bits per heavy atom. The maximum atomic E-state index is 12.8. The molecule has 1 saturated heterocycles. The zero-order valence-electron chi connectivity index (χ0n) is 15.0. The van der Waals surface area contributed by atoms with Gasteiger partial charge in [0.15, 0.2) is 5.82 Å². The second-order valence-corrected chi connectivity index (χ2v) is 8.55. The van der Waals surface area contributed by atoms with Crippen molar-refractivity contribution in [3.63, 3.8) is 0 Å². The van der Waals surface area contributed by atoms with Gasteiger partial charge in [0.25, 0.3) is 5.91 Å². The molecule has 140 valence electrons. The first-order valence-corrected chi connectivity index (χ1v) is 10.2. The number of nitrogens with zero attached hydrogens (tertiary/aromatic N) is 4. The first-order chi connectivity index (χ1) is 12.3. The number of aryl methyl sites for hydroxylation is 1. The molecule has 2 heterocycles. The molecule has 1 aromatic heterocycles. The molecule has 1 amide bonds. The van der Waals surface area contributed by atoms with Gasteiger partial charge in [-0.05, 0) is 37.1 Å². The summed E-state index contributed by atoms with van der Waals surface area (Å²) in [6.07, 6.45) is 2.93. The van der Waals surface area contributed by atoms with Crippen LogP contribution in [-0.2, 0) is 10.0 Å². The molecule has 8 nitrogen and oxygen atoms in total. The number of piperidine rings is 1. The average Bonchev–Trinajstić information content (AvgIpc) is 3.06. The Kier molecular flexibility index (Phi) is 4.99. The molecule has 0 N–H and O–H groups in total. The van der Waals surface area contributed by atoms with Crippen molar-refractivity contribution >= 4 is 21.6 Å². The van der Waals surface area contributed by atoms with Crippen LogP contribution in [0.15, 0.2) is 28.8 Å². The molecular formula is C17H22N4O4S. The summed E-state index contributed by atoms with van der Waals surface area (Å²) in [5.41, 5.74) is 1.04. The number of aromatic nitrogens is 2. The predicted molar refractivity (Wildman–Crippen MR) is 96.6 cm³/mol. The Hall–Kier alpha value is -2.42. The van der Waals surface area contributed by atoms with E-state index in [9.17, 15) is 13.2 Å². The van der Waals surface area contributed by atoms with Crippen LogP contribution in [0.3, 0.4) is 0 Å². The van der Waals surface area contributed by atoms with E-state index in [-0.39, 0.29) is 11.8 Å². The Labute approximate surface area is 152 Å². The van der Waals surface area contributed by atoms with Crippen molar-refractivity contribution in [1.82, 2.24) is 15.0 Å². The zero-order chi connectivity index (χ0) is 18.9. The Balaban J connectivity index is 1.72. The second kappa shape index (κ2) is 7.06. The normalized spacial score (nSPS) is 18.0. The van der Waals surface area contributed by atoms with Crippen LogP contribution in [0.25, 0.3) is 0 Å². The van der Waals surface area contributed by atoms with E-state index in [1.54, 1.807) is 36.1 Å². The molecule has 0 radical (unpaired) electrons. The van der Waals surface area contributed by atoms with Gasteiger partial charge in [0, 0.05) is 38.5 Å². The Morgan fingerprint density at radius 3 is 2.58 bits per heavy atom. The molecule has 1 atom stereocenters. The fourth-order valence-electron chi connectivity index (χ4n) is 3.04. The summed E-state index contributed by atoms with van der Waals surface area (Å²) in [6, 6.07) is 6.58. The highest BCUT2D eigenvalue weighted by Crippen LogP contribution is 2.26. The van der Waals surface area contributed by atoms with Gasteiger partial charge in [-0.15, -0.1) is 0 Å². The van der Waals surface area contributed by atoms with Crippen LogP contribution in [0.2, 0.25) is 0 Å². The molecule has 0 saturated carbocycles. The van der Waals surface area contributed by atoms with E-state index in [0.29, 0.717) is 36.1 Å². The third-order valence-corrected chi connectivity index (χ3v) is 5.80. The molecule has 1 aliphatic heterocycles. The number of rotatable bonds is 4. The van der Waals surface area contributed by atoms with E-state index in [1.165, 1.54) is 11.4 Å². The third-order valence-electron chi connectivity index (χ3n) is 4.59. The number of carbonyl (C=O) groups excluding carboxylic acids is 1. The van der Waals surface area contributed by atoms with Crippen LogP contribution in [0.1, 0.15) is 40.8 Å². The summed E-state index contributed by atoms with van der Waals surface area (Å²) in [7, 11) is -1.85. The summed E-state index contributed by atoms with van der Waals surface area (Å²) < 4.78 is 29.4. The zero-order valence-corrected chi connectivity index (χ0v) is 15.9. The van der Waals surface area contributed by atoms with Crippen molar-refractivity contribution in [1.29, 1.82) is 0 Å². The van der Waals surface area contributed by atoms with Crippen LogP contribution in [-0.4, -0.2) is 55.8 Å². The van der Waals surface area contributed by atoms with Crippen molar-refractivity contribution in [2.75, 3.05) is 30.7 Å². The number of benzene rings is 1. The topological polar surface area (TPSA) is 96.6 Å². The van der Waals surface area contributed by atoms with Gasteiger partial charge in [-0.25, -0.2) is 8.42 Å². The largest absolute Gasteiger partial charge is 0.340 e. The maximum absolute atomic E-state index is 12.8. The third kappa shape index (κ3) is 3.87. The summed E-state index contributed by atoms with van der Waals surface area (Å²) in [6.45, 7) is 2.97. The number of likely N-dealkylation sites (tertiary alicyclic amines) is 1. The SMILES string of the molecule is Cc1nc([C@@H]2CCCN(C(=O)c3ccc(N(C)S(C)(=O)=O)cc3)C2)no1. The molecule has 0 bridgehead atoms. The van der Waals surface area contributed by atoms with Crippen molar-refractivity contribution < 1.29 is 17.7 Å². The molecule has 26 heavy (non-hydrogen) atoms. The molecule has 1 aliphatic rings. The van der Waals surface area contributed by atoms with Crippen LogP contribution >= 0.6 is 0 Å². The van der Waals surface area contributed by atoms with Crippen molar-refractivity contribution in [2.24, 2.45) is 0 Å². The molecule has 3 rings (SSSR count). The number of hydrogen-bond donors (Lipinski definition) is 0. The van der Waals surface area contributed by atoms with Crippen molar-refractivity contribution in [3.05, 3.63) is 41.5 Å². The van der Waals surface area contributed by atoms with Gasteiger partial charge in [0.2, 0.25) is 15.9 Å². The van der Waals surface area contributed by atoms with E-state index in [2.05, 4.69) is 10.1 Å². The lowest BCUT2D eigenvalue weighted by atomic mass is 9.96. The van der Waals surface area contributed by atoms with Crippen LogP contribution < -0.4 is 4.31 Å². The average molecular weight is 378 g/mol. The molecular weight excluding hydrogens is 356 g/mol. The van der Waals surface area contributed by atoms with Crippen molar-refractivity contribution in [2.45, 2.75) is 25.7 Å². The lowest BCUT2D eigenvalue weighted by molar-refractivity contribution is 0.0703. The number of anilines is 1. The predicted octanol–water partition coefficient (Wildman–Crippen LogP) is 1.79. The molecule has 1 fully saturated rings. The summed E-state index contributed by atoms with van der Waals surface area (Å²) in [5.74, 6) is 1.16. The smallest absolute Gasteiger partial charge is 0.253 e. The Bertz CT molecular complexity index is 892. The van der Waals surface area contributed by atoms with Gasteiger partial charge < -0.3 is 9.42 Å². The van der Waals surface area contributed by atoms with Gasteiger partial charge in [-0.1, -0.05) is 5.16 Å². The molecule has 1 aromatic carbocycles. The maximum Gasteiger partial charge on any atom is 0.253 e. The van der Waals surface area contributed by atoms with E-state index in [1.807, 2.05) is 0 Å². The Morgan fingerprint density at radius 2 is 2.00 bits per heavy atom. The van der Waals surface area contributed by atoms with Gasteiger partial charge in [0.1, 0.15) is 0 Å². The number of sulfonamides is 1. The highest BCUT2D eigenvalue weighted by molar-refractivity contribution is 7.92. The lowest BCUT2D eigenvalue weighted by Gasteiger charge is -2.31. The number of carbonyl (C=O) groups is 1. The molecule has 0 spiro atoms. The van der Waals surface area contributed by atoms with Crippen LogP contribution in [0.5, 0.6) is 0 Å².